The van der Waals surface area contributed by atoms with Crippen molar-refractivity contribution in [1.29, 1.82) is 0 Å². The maximum atomic E-state index is 12.5. The number of halogens is 1. The molecule has 1 N–H and O–H groups in total. The minimum Gasteiger partial charge on any atom is -0.357 e. The van der Waals surface area contributed by atoms with E-state index >= 15 is 0 Å². The summed E-state index contributed by atoms with van der Waals surface area (Å²) < 4.78 is 37.6. The van der Waals surface area contributed by atoms with E-state index in [4.69, 9.17) is 0 Å². The zero-order valence-corrected chi connectivity index (χ0v) is 13.5. The van der Waals surface area contributed by atoms with E-state index in [2.05, 4.69) is 14.5 Å². The standard InChI is InChI=1S/C14H13FN2O4S2/c15-23(19,20)21-10-5-9(6-16-7-10)17-14(18)12-8-22-13-4-2-1-3-11(12)13/h5-8H,1-4H2,(H,17,18). The zero-order chi connectivity index (χ0) is 16.4. The van der Waals surface area contributed by atoms with Crippen molar-refractivity contribution in [3.63, 3.8) is 0 Å². The van der Waals surface area contributed by atoms with E-state index in [1.54, 1.807) is 11.3 Å². The molecular weight excluding hydrogens is 343 g/mol. The van der Waals surface area contributed by atoms with Crippen LogP contribution in [0.15, 0.2) is 23.8 Å². The molecule has 23 heavy (non-hydrogen) atoms. The van der Waals surface area contributed by atoms with Gasteiger partial charge in [0.05, 0.1) is 23.6 Å². The Balaban J connectivity index is 1.78. The summed E-state index contributed by atoms with van der Waals surface area (Å²) in [6.45, 7) is 0. The summed E-state index contributed by atoms with van der Waals surface area (Å²) in [5, 5.41) is 4.45. The lowest BCUT2D eigenvalue weighted by atomic mass is 9.95. The SMILES string of the molecule is O=C(Nc1cncc(OS(=O)(=O)F)c1)c1csc2c1CCCC2. The molecule has 1 aliphatic rings. The highest BCUT2D eigenvalue weighted by atomic mass is 32.3. The lowest BCUT2D eigenvalue weighted by Gasteiger charge is -2.12. The Morgan fingerprint density at radius 1 is 1.30 bits per heavy atom. The molecule has 6 nitrogen and oxygen atoms in total. The van der Waals surface area contributed by atoms with Crippen LogP contribution < -0.4 is 9.50 Å². The molecular formula is C14H13FN2O4S2. The molecule has 2 heterocycles. The van der Waals surface area contributed by atoms with Crippen LogP contribution in [0.5, 0.6) is 5.75 Å². The molecule has 0 aliphatic heterocycles. The van der Waals surface area contributed by atoms with Crippen LogP contribution in [0, 0.1) is 0 Å². The topological polar surface area (TPSA) is 85.4 Å². The second-order valence-electron chi connectivity index (χ2n) is 5.10. The number of amides is 1. The van der Waals surface area contributed by atoms with E-state index in [1.807, 2.05) is 5.38 Å². The molecule has 0 saturated heterocycles. The van der Waals surface area contributed by atoms with Gasteiger partial charge >= 0.3 is 10.5 Å². The number of carbonyl (C=O) groups excluding carboxylic acids is 1. The number of carbonyl (C=O) groups is 1. The molecule has 0 spiro atoms. The maximum absolute atomic E-state index is 12.5. The molecule has 0 radical (unpaired) electrons. The molecule has 1 amide bonds. The number of rotatable bonds is 4. The molecule has 9 heteroatoms. The van der Waals surface area contributed by atoms with E-state index in [0.29, 0.717) is 5.56 Å². The smallest absolute Gasteiger partial charge is 0.357 e. The Morgan fingerprint density at radius 3 is 2.87 bits per heavy atom. The molecule has 2 aromatic heterocycles. The molecule has 122 valence electrons. The highest BCUT2D eigenvalue weighted by Crippen LogP contribution is 2.30. The van der Waals surface area contributed by atoms with E-state index in [0.717, 1.165) is 37.4 Å². The third kappa shape index (κ3) is 3.85. The largest absolute Gasteiger partial charge is 0.488 e. The number of nitrogens with one attached hydrogen (secondary N) is 1. The Hall–Kier alpha value is -2.00. The van der Waals surface area contributed by atoms with Gasteiger partial charge in [0.25, 0.3) is 5.91 Å². The molecule has 3 rings (SSSR count). The Morgan fingerprint density at radius 2 is 2.09 bits per heavy atom. The van der Waals surface area contributed by atoms with Gasteiger partial charge < -0.3 is 9.50 Å². The number of aryl methyl sites for hydroxylation is 1. The van der Waals surface area contributed by atoms with Gasteiger partial charge in [0.15, 0.2) is 5.75 Å². The zero-order valence-electron chi connectivity index (χ0n) is 11.9. The van der Waals surface area contributed by atoms with Crippen molar-refractivity contribution in [2.75, 3.05) is 5.32 Å². The molecule has 0 unspecified atom stereocenters. The van der Waals surface area contributed by atoms with Crippen LogP contribution in [0.4, 0.5) is 9.57 Å². The quantitative estimate of drug-likeness (QED) is 0.852. The van der Waals surface area contributed by atoms with Gasteiger partial charge in [0.1, 0.15) is 0 Å². The number of pyridine rings is 1. The van der Waals surface area contributed by atoms with Crippen LogP contribution in [0.1, 0.15) is 33.6 Å². The number of anilines is 1. The number of aromatic nitrogens is 1. The highest BCUT2D eigenvalue weighted by Gasteiger charge is 2.20. The van der Waals surface area contributed by atoms with Gasteiger partial charge in [-0.05, 0) is 31.2 Å². The van der Waals surface area contributed by atoms with Crippen molar-refractivity contribution in [2.45, 2.75) is 25.7 Å². The van der Waals surface area contributed by atoms with Crippen molar-refractivity contribution in [3.05, 3.63) is 39.8 Å². The molecule has 2 aromatic rings. The van der Waals surface area contributed by atoms with E-state index in [1.165, 1.54) is 17.1 Å². The first kappa shape index (κ1) is 15.9. The van der Waals surface area contributed by atoms with Gasteiger partial charge in [-0.25, -0.2) is 0 Å². The van der Waals surface area contributed by atoms with Crippen molar-refractivity contribution in [3.8, 4) is 5.75 Å². The first-order chi connectivity index (χ1) is 10.9. The monoisotopic (exact) mass is 356 g/mol. The van der Waals surface area contributed by atoms with Gasteiger partial charge in [-0.2, -0.15) is 8.42 Å². The molecule has 0 fully saturated rings. The van der Waals surface area contributed by atoms with Crippen LogP contribution in [-0.2, 0) is 23.3 Å². The summed E-state index contributed by atoms with van der Waals surface area (Å²) in [5.74, 6) is -0.607. The van der Waals surface area contributed by atoms with Crippen LogP contribution >= 0.6 is 11.3 Å². The summed E-state index contributed by atoms with van der Waals surface area (Å²) in [6, 6.07) is 1.20. The normalized spacial score (nSPS) is 14.1. The highest BCUT2D eigenvalue weighted by molar-refractivity contribution is 7.81. The summed E-state index contributed by atoms with van der Waals surface area (Å²) in [6.07, 6.45) is 6.43. The average Bonchev–Trinajstić information content (AvgIpc) is 2.89. The Labute approximate surface area is 136 Å². The third-order valence-electron chi connectivity index (χ3n) is 3.47. The molecule has 0 bridgehead atoms. The van der Waals surface area contributed by atoms with Crippen molar-refractivity contribution in [1.82, 2.24) is 4.98 Å². The van der Waals surface area contributed by atoms with Crippen LogP contribution in [0.2, 0.25) is 0 Å². The molecule has 0 atom stereocenters. The first-order valence-electron chi connectivity index (χ1n) is 6.92. The average molecular weight is 356 g/mol. The molecule has 0 saturated carbocycles. The predicted octanol–water partition coefficient (Wildman–Crippen LogP) is 2.87. The Bertz CT molecular complexity index is 848. The lowest BCUT2D eigenvalue weighted by molar-refractivity contribution is 0.102. The fourth-order valence-electron chi connectivity index (χ4n) is 2.53. The van der Waals surface area contributed by atoms with E-state index < -0.39 is 10.5 Å². The van der Waals surface area contributed by atoms with Crippen molar-refractivity contribution in [2.24, 2.45) is 0 Å². The molecule has 1 aliphatic carbocycles. The number of hydrogen-bond donors (Lipinski definition) is 1. The van der Waals surface area contributed by atoms with Gasteiger partial charge in [0, 0.05) is 16.3 Å². The Kier molecular flexibility index (Phi) is 4.31. The predicted molar refractivity (Wildman–Crippen MR) is 83.8 cm³/mol. The van der Waals surface area contributed by atoms with Gasteiger partial charge in [-0.3, -0.25) is 9.78 Å². The first-order valence-corrected chi connectivity index (χ1v) is 9.11. The van der Waals surface area contributed by atoms with Crippen LogP contribution in [-0.4, -0.2) is 19.3 Å². The summed E-state index contributed by atoms with van der Waals surface area (Å²) >= 11 is 1.57. The summed E-state index contributed by atoms with van der Waals surface area (Å²) in [4.78, 5) is 17.3. The number of fused-ring (bicyclic) bond motifs is 1. The summed E-state index contributed by atoms with van der Waals surface area (Å²) in [7, 11) is -5.13. The van der Waals surface area contributed by atoms with Crippen LogP contribution in [0.3, 0.4) is 0 Å². The van der Waals surface area contributed by atoms with Crippen LogP contribution in [0.25, 0.3) is 0 Å². The minimum atomic E-state index is -5.13. The van der Waals surface area contributed by atoms with Gasteiger partial charge in [-0.15, -0.1) is 11.3 Å². The lowest BCUT2D eigenvalue weighted by Crippen LogP contribution is -2.14. The third-order valence-corrected chi connectivity index (χ3v) is 4.95. The number of nitrogens with zero attached hydrogens (tertiary/aromatic N) is 1. The number of thiophene rings is 1. The number of hydrogen-bond acceptors (Lipinski definition) is 6. The fourth-order valence-corrected chi connectivity index (χ4v) is 3.98. The summed E-state index contributed by atoms with van der Waals surface area (Å²) in [5.41, 5.74) is 1.92. The second-order valence-corrected chi connectivity index (χ2v) is 7.02. The van der Waals surface area contributed by atoms with Crippen molar-refractivity contribution >= 4 is 33.4 Å². The molecule has 0 aromatic carbocycles. The van der Waals surface area contributed by atoms with E-state index in [9.17, 15) is 17.1 Å². The maximum Gasteiger partial charge on any atom is 0.488 e. The minimum absolute atomic E-state index is 0.229. The van der Waals surface area contributed by atoms with Gasteiger partial charge in [0.2, 0.25) is 0 Å². The van der Waals surface area contributed by atoms with E-state index in [-0.39, 0.29) is 17.3 Å². The van der Waals surface area contributed by atoms with Crippen molar-refractivity contribution < 1.29 is 21.3 Å². The fraction of sp³-hybridized carbons (Fsp3) is 0.286. The second kappa shape index (κ2) is 6.25. The van der Waals surface area contributed by atoms with Gasteiger partial charge in [-0.1, -0.05) is 3.89 Å².